The minimum absolute atomic E-state index is 0.0547. The van der Waals surface area contributed by atoms with Crippen LogP contribution < -0.4 is 14.2 Å². The molecule has 3 rings (SSSR count). The molecule has 1 aliphatic heterocycles. The largest absolute Gasteiger partial charge is 0.494 e. The Labute approximate surface area is 204 Å². The molecule has 0 saturated heterocycles. The molecule has 0 fully saturated rings. The Balaban J connectivity index is 1.75. The van der Waals surface area contributed by atoms with Crippen LogP contribution in [0.3, 0.4) is 0 Å². The SMILES string of the molecule is CCOc1cccc(S(=O)(=O)C2=CN(OCC)C(C(=O)CCc3ccc(OC)c(OC)c3)S2)c1. The van der Waals surface area contributed by atoms with Gasteiger partial charge in [-0.1, -0.05) is 23.9 Å². The number of hydrogen-bond acceptors (Lipinski definition) is 9. The second-order valence-corrected chi connectivity index (χ2v) is 10.6. The number of methoxy groups -OCH3 is 2. The van der Waals surface area contributed by atoms with Gasteiger partial charge in [-0.25, -0.2) is 13.5 Å². The molecule has 1 aliphatic rings. The molecule has 1 unspecified atom stereocenters. The van der Waals surface area contributed by atoms with E-state index < -0.39 is 15.2 Å². The van der Waals surface area contributed by atoms with E-state index in [1.807, 2.05) is 19.1 Å². The van der Waals surface area contributed by atoms with Crippen molar-refractivity contribution in [3.8, 4) is 17.2 Å². The van der Waals surface area contributed by atoms with Crippen LogP contribution in [0, 0.1) is 0 Å². The van der Waals surface area contributed by atoms with Gasteiger partial charge in [0.05, 0.1) is 38.5 Å². The third-order valence-electron chi connectivity index (χ3n) is 5.04. The minimum Gasteiger partial charge on any atom is -0.494 e. The molecule has 0 spiro atoms. The molecule has 0 N–H and O–H groups in total. The predicted molar refractivity (Wildman–Crippen MR) is 131 cm³/mol. The van der Waals surface area contributed by atoms with Crippen LogP contribution in [0.2, 0.25) is 0 Å². The molecular formula is C24H29NO7S2. The maximum atomic E-state index is 13.3. The number of nitrogens with zero attached hydrogens (tertiary/aromatic N) is 1. The molecule has 8 nitrogen and oxygen atoms in total. The number of ether oxygens (including phenoxy) is 3. The first-order valence-electron chi connectivity index (χ1n) is 10.8. The van der Waals surface area contributed by atoms with Crippen molar-refractivity contribution >= 4 is 27.4 Å². The van der Waals surface area contributed by atoms with Gasteiger partial charge in [0.15, 0.2) is 22.7 Å². The van der Waals surface area contributed by atoms with Crippen LogP contribution in [-0.4, -0.2) is 52.1 Å². The van der Waals surface area contributed by atoms with Crippen molar-refractivity contribution in [3.05, 3.63) is 58.5 Å². The highest BCUT2D eigenvalue weighted by Crippen LogP contribution is 2.41. The number of hydrogen-bond donors (Lipinski definition) is 0. The molecule has 34 heavy (non-hydrogen) atoms. The van der Waals surface area contributed by atoms with Crippen molar-refractivity contribution in [3.63, 3.8) is 0 Å². The van der Waals surface area contributed by atoms with Crippen LogP contribution in [0.1, 0.15) is 25.8 Å². The van der Waals surface area contributed by atoms with Crippen molar-refractivity contribution < 1.29 is 32.3 Å². The Morgan fingerprint density at radius 1 is 1.03 bits per heavy atom. The van der Waals surface area contributed by atoms with Crippen LogP contribution in [0.25, 0.3) is 0 Å². The number of sulfone groups is 1. The van der Waals surface area contributed by atoms with Gasteiger partial charge in [0.2, 0.25) is 9.84 Å². The first kappa shape index (κ1) is 25.9. The van der Waals surface area contributed by atoms with Gasteiger partial charge in [0.1, 0.15) is 9.99 Å². The number of carbonyl (C=O) groups is 1. The van der Waals surface area contributed by atoms with Crippen molar-refractivity contribution in [2.45, 2.75) is 37.0 Å². The molecule has 0 aliphatic carbocycles. The molecule has 0 amide bonds. The quantitative estimate of drug-likeness (QED) is 0.419. The molecule has 0 radical (unpaired) electrons. The summed E-state index contributed by atoms with van der Waals surface area (Å²) in [4.78, 5) is 18.8. The molecule has 184 valence electrons. The van der Waals surface area contributed by atoms with E-state index in [-0.39, 0.29) is 21.3 Å². The van der Waals surface area contributed by atoms with Crippen molar-refractivity contribution in [1.82, 2.24) is 5.06 Å². The highest BCUT2D eigenvalue weighted by atomic mass is 32.3. The van der Waals surface area contributed by atoms with Crippen molar-refractivity contribution in [1.29, 1.82) is 0 Å². The number of hydroxylamine groups is 2. The first-order chi connectivity index (χ1) is 16.3. The van der Waals surface area contributed by atoms with Gasteiger partial charge in [-0.05, 0) is 56.2 Å². The molecule has 0 saturated carbocycles. The lowest BCUT2D eigenvalue weighted by molar-refractivity contribution is -0.145. The number of thioether (sulfide) groups is 1. The number of ketones is 1. The normalized spacial score (nSPS) is 15.7. The third-order valence-corrected chi connectivity index (χ3v) is 8.53. The molecular weight excluding hydrogens is 478 g/mol. The third kappa shape index (κ3) is 5.86. The lowest BCUT2D eigenvalue weighted by Gasteiger charge is -2.21. The average molecular weight is 508 g/mol. The van der Waals surface area contributed by atoms with Crippen LogP contribution in [0.4, 0.5) is 0 Å². The molecule has 0 bridgehead atoms. The van der Waals surface area contributed by atoms with Gasteiger partial charge < -0.3 is 14.2 Å². The molecule has 1 heterocycles. The van der Waals surface area contributed by atoms with Gasteiger partial charge in [0, 0.05) is 6.42 Å². The van der Waals surface area contributed by atoms with E-state index in [2.05, 4.69) is 0 Å². The highest BCUT2D eigenvalue weighted by molar-refractivity contribution is 8.19. The summed E-state index contributed by atoms with van der Waals surface area (Å²) in [5.41, 5.74) is 0.908. The number of carbonyl (C=O) groups excluding carboxylic acids is 1. The fraction of sp³-hybridized carbons (Fsp3) is 0.375. The zero-order chi connectivity index (χ0) is 24.7. The molecule has 10 heteroatoms. The van der Waals surface area contributed by atoms with E-state index in [0.29, 0.717) is 36.9 Å². The van der Waals surface area contributed by atoms with E-state index >= 15 is 0 Å². The first-order valence-corrected chi connectivity index (χ1v) is 13.2. The lowest BCUT2D eigenvalue weighted by Crippen LogP contribution is -2.32. The van der Waals surface area contributed by atoms with Crippen LogP contribution >= 0.6 is 11.8 Å². The Morgan fingerprint density at radius 3 is 2.47 bits per heavy atom. The molecule has 0 aromatic heterocycles. The maximum Gasteiger partial charge on any atom is 0.214 e. The monoisotopic (exact) mass is 507 g/mol. The molecule has 1 atom stereocenters. The van der Waals surface area contributed by atoms with Crippen LogP contribution in [-0.2, 0) is 25.9 Å². The van der Waals surface area contributed by atoms with Crippen molar-refractivity contribution in [2.24, 2.45) is 0 Å². The topological polar surface area (TPSA) is 91.4 Å². The summed E-state index contributed by atoms with van der Waals surface area (Å²) in [5.74, 6) is 1.52. The molecule has 2 aromatic rings. The second kappa shape index (κ2) is 11.6. The van der Waals surface area contributed by atoms with Crippen molar-refractivity contribution in [2.75, 3.05) is 27.4 Å². The van der Waals surface area contributed by atoms with E-state index in [1.165, 1.54) is 23.4 Å². The highest BCUT2D eigenvalue weighted by Gasteiger charge is 2.38. The van der Waals surface area contributed by atoms with E-state index in [4.69, 9.17) is 19.0 Å². The lowest BCUT2D eigenvalue weighted by atomic mass is 10.1. The van der Waals surface area contributed by atoms with Crippen LogP contribution in [0.5, 0.6) is 17.2 Å². The summed E-state index contributed by atoms with van der Waals surface area (Å²) in [6, 6.07) is 11.8. The Hall–Kier alpha value is -2.69. The zero-order valence-electron chi connectivity index (χ0n) is 19.6. The van der Waals surface area contributed by atoms with Gasteiger partial charge in [-0.3, -0.25) is 9.63 Å². The number of rotatable bonds is 12. The van der Waals surface area contributed by atoms with Gasteiger partial charge in [0.25, 0.3) is 0 Å². The van der Waals surface area contributed by atoms with Crippen LogP contribution in [0.15, 0.2) is 57.8 Å². The predicted octanol–water partition coefficient (Wildman–Crippen LogP) is 4.20. The summed E-state index contributed by atoms with van der Waals surface area (Å²) in [6.07, 6.45) is 2.06. The second-order valence-electron chi connectivity index (χ2n) is 7.26. The Bertz CT molecular complexity index is 1150. The number of benzene rings is 2. The fourth-order valence-corrected chi connectivity index (χ4v) is 6.33. The van der Waals surface area contributed by atoms with Gasteiger partial charge >= 0.3 is 0 Å². The standard InChI is InChI=1S/C24H29NO7S2/c1-5-31-18-8-7-9-19(15-18)34(27,28)23-16-25(32-6-2)24(33-23)20(26)12-10-17-11-13-21(29-3)22(14-17)30-4/h7-9,11,13-16,24H,5-6,10,12H2,1-4H3. The number of aryl methyl sites for hydroxylation is 1. The fourth-order valence-electron chi connectivity index (χ4n) is 3.40. The maximum absolute atomic E-state index is 13.3. The summed E-state index contributed by atoms with van der Waals surface area (Å²) in [5, 5.41) is 0.542. The summed E-state index contributed by atoms with van der Waals surface area (Å²) >= 11 is 0.976. The zero-order valence-corrected chi connectivity index (χ0v) is 21.3. The smallest absolute Gasteiger partial charge is 0.214 e. The number of Topliss-reactive ketones (excluding diaryl/α,β-unsaturated/α-hetero) is 1. The Morgan fingerprint density at radius 2 is 1.79 bits per heavy atom. The van der Waals surface area contributed by atoms with Gasteiger partial charge in [-0.2, -0.15) is 0 Å². The average Bonchev–Trinajstić information content (AvgIpc) is 3.28. The summed E-state index contributed by atoms with van der Waals surface area (Å²) in [6.45, 7) is 4.33. The minimum atomic E-state index is -3.84. The Kier molecular flexibility index (Phi) is 8.87. The van der Waals surface area contributed by atoms with Gasteiger partial charge in [-0.15, -0.1) is 0 Å². The summed E-state index contributed by atoms with van der Waals surface area (Å²) < 4.78 is 42.6. The van der Waals surface area contributed by atoms with E-state index in [1.54, 1.807) is 39.3 Å². The van der Waals surface area contributed by atoms with E-state index in [9.17, 15) is 13.2 Å². The van der Waals surface area contributed by atoms with E-state index in [0.717, 1.165) is 17.3 Å². The summed E-state index contributed by atoms with van der Waals surface area (Å²) in [7, 11) is -0.724. The molecule has 2 aromatic carbocycles.